The number of fused-ring (bicyclic) bond motifs is 1. The number of amides is 2. The van der Waals surface area contributed by atoms with Crippen molar-refractivity contribution in [2.24, 2.45) is 7.05 Å². The van der Waals surface area contributed by atoms with Gasteiger partial charge in [-0.25, -0.2) is 9.97 Å². The number of benzene rings is 2. The molecule has 5 aromatic rings. The Bertz CT molecular complexity index is 2060. The van der Waals surface area contributed by atoms with Crippen molar-refractivity contribution in [3.63, 3.8) is 0 Å². The van der Waals surface area contributed by atoms with Crippen LogP contribution in [-0.2, 0) is 26.6 Å². The van der Waals surface area contributed by atoms with Crippen LogP contribution in [0.3, 0.4) is 0 Å². The Morgan fingerprint density at radius 1 is 0.960 bits per heavy atom. The van der Waals surface area contributed by atoms with Crippen LogP contribution in [-0.4, -0.2) is 63.5 Å². The van der Waals surface area contributed by atoms with E-state index in [1.54, 1.807) is 44.8 Å². The largest absolute Gasteiger partial charge is 0.496 e. The molecule has 2 amide bonds. The highest BCUT2D eigenvalue weighted by Gasteiger charge is 2.25. The van der Waals surface area contributed by atoms with E-state index >= 15 is 0 Å². The lowest BCUT2D eigenvalue weighted by atomic mass is 9.98. The Kier molecular flexibility index (Phi) is 10.3. The number of carbonyl (C=O) groups is 2. The van der Waals surface area contributed by atoms with Crippen LogP contribution in [0.4, 0.5) is 17.1 Å². The molecule has 1 aliphatic rings. The number of hydrogen-bond donors (Lipinski definition) is 3. The van der Waals surface area contributed by atoms with Crippen LogP contribution in [0.1, 0.15) is 50.5 Å². The molecule has 258 valence electrons. The number of rotatable bonds is 11. The van der Waals surface area contributed by atoms with E-state index in [9.17, 15) is 9.59 Å². The van der Waals surface area contributed by atoms with Crippen molar-refractivity contribution in [1.82, 2.24) is 24.4 Å². The number of nitrogens with one attached hydrogen (secondary N) is 3. The van der Waals surface area contributed by atoms with E-state index in [-0.39, 0.29) is 11.6 Å². The SMILES string of the molecule is CCN1CCc2c(nc(C(=O)Nc3cccc(-c4cccc(NC(=O)c5cc(OC)c(CNc6ccnc(OC)c6)cn5)c4C)c3Cl)n2C)C1. The lowest BCUT2D eigenvalue weighted by Gasteiger charge is -2.24. The number of halogens is 1. The van der Waals surface area contributed by atoms with Gasteiger partial charge in [-0.1, -0.05) is 42.8 Å². The number of imidazole rings is 1. The third-order valence-electron chi connectivity index (χ3n) is 8.93. The highest BCUT2D eigenvalue weighted by Crippen LogP contribution is 2.38. The minimum absolute atomic E-state index is 0.196. The minimum Gasteiger partial charge on any atom is -0.496 e. The van der Waals surface area contributed by atoms with Crippen LogP contribution >= 0.6 is 11.6 Å². The zero-order chi connectivity index (χ0) is 35.4. The topological polar surface area (TPSA) is 136 Å². The molecule has 0 bridgehead atoms. The molecule has 0 unspecified atom stereocenters. The number of anilines is 3. The van der Waals surface area contributed by atoms with E-state index < -0.39 is 5.91 Å². The lowest BCUT2D eigenvalue weighted by Crippen LogP contribution is -2.30. The smallest absolute Gasteiger partial charge is 0.291 e. The van der Waals surface area contributed by atoms with Gasteiger partial charge in [0.15, 0.2) is 5.82 Å². The van der Waals surface area contributed by atoms with Crippen LogP contribution in [0.5, 0.6) is 11.6 Å². The number of aromatic nitrogens is 4. The maximum Gasteiger partial charge on any atom is 0.291 e. The fourth-order valence-electron chi connectivity index (χ4n) is 6.06. The van der Waals surface area contributed by atoms with Gasteiger partial charge in [-0.3, -0.25) is 19.5 Å². The molecule has 2 aromatic carbocycles. The first-order chi connectivity index (χ1) is 24.2. The summed E-state index contributed by atoms with van der Waals surface area (Å²) >= 11 is 6.93. The second-order valence-electron chi connectivity index (χ2n) is 11.9. The van der Waals surface area contributed by atoms with E-state index in [2.05, 4.69) is 42.7 Å². The molecule has 0 fully saturated rings. The number of hydrogen-bond acceptors (Lipinski definition) is 9. The third-order valence-corrected chi connectivity index (χ3v) is 9.33. The van der Waals surface area contributed by atoms with Gasteiger partial charge in [0.25, 0.3) is 11.8 Å². The molecular formula is C37H39ClN8O4. The Labute approximate surface area is 295 Å². The predicted molar refractivity (Wildman–Crippen MR) is 194 cm³/mol. The number of carbonyl (C=O) groups excluding carboxylic acids is 2. The van der Waals surface area contributed by atoms with E-state index in [1.807, 2.05) is 54.9 Å². The Hall–Kier alpha value is -5.46. The van der Waals surface area contributed by atoms with Gasteiger partial charge in [-0.2, -0.15) is 0 Å². The van der Waals surface area contributed by atoms with Gasteiger partial charge in [0.05, 0.1) is 30.6 Å². The summed E-state index contributed by atoms with van der Waals surface area (Å²) in [5.74, 6) is 0.635. The first-order valence-electron chi connectivity index (χ1n) is 16.3. The average Bonchev–Trinajstić information content (AvgIpc) is 3.47. The van der Waals surface area contributed by atoms with Gasteiger partial charge in [0.1, 0.15) is 11.4 Å². The predicted octanol–water partition coefficient (Wildman–Crippen LogP) is 6.35. The highest BCUT2D eigenvalue weighted by molar-refractivity contribution is 6.36. The monoisotopic (exact) mass is 694 g/mol. The van der Waals surface area contributed by atoms with Crippen molar-refractivity contribution < 1.29 is 19.1 Å². The summed E-state index contributed by atoms with van der Waals surface area (Å²) < 4.78 is 12.7. The fourth-order valence-corrected chi connectivity index (χ4v) is 6.33. The summed E-state index contributed by atoms with van der Waals surface area (Å²) in [6.45, 7) is 7.04. The molecule has 13 heteroatoms. The maximum absolute atomic E-state index is 13.4. The third kappa shape index (κ3) is 7.12. The second-order valence-corrected chi connectivity index (χ2v) is 12.3. The molecule has 3 N–H and O–H groups in total. The molecule has 0 saturated heterocycles. The van der Waals surface area contributed by atoms with Crippen molar-refractivity contribution in [2.75, 3.05) is 43.3 Å². The summed E-state index contributed by atoms with van der Waals surface area (Å²) in [5, 5.41) is 9.62. The van der Waals surface area contributed by atoms with E-state index in [1.165, 1.54) is 0 Å². The molecule has 0 aliphatic carbocycles. The molecule has 50 heavy (non-hydrogen) atoms. The van der Waals surface area contributed by atoms with Crippen molar-refractivity contribution in [3.05, 3.63) is 106 Å². The fraction of sp³-hybridized carbons (Fsp3) is 0.270. The molecule has 4 heterocycles. The standard InChI is InChI=1S/C37H39ClN8O4/c1-6-46-16-14-31-30(21-46)42-35(45(31)3)37(48)44-28-12-8-10-26(34(28)38)25-9-7-11-27(22(25)2)43-36(47)29-18-32(49-4)23(20-41-29)19-40-24-13-15-39-33(17-24)50-5/h7-13,15,17-18,20H,6,14,16,19,21H2,1-5H3,(H,39,40)(H,43,47)(H,44,48). The highest BCUT2D eigenvalue weighted by atomic mass is 35.5. The number of pyridine rings is 2. The molecule has 12 nitrogen and oxygen atoms in total. The molecular weight excluding hydrogens is 656 g/mol. The van der Waals surface area contributed by atoms with Gasteiger partial charge < -0.3 is 30.0 Å². The normalized spacial score (nSPS) is 12.6. The molecule has 0 radical (unpaired) electrons. The minimum atomic E-state index is -0.395. The summed E-state index contributed by atoms with van der Waals surface area (Å²) in [6, 6.07) is 16.3. The zero-order valence-electron chi connectivity index (χ0n) is 28.6. The van der Waals surface area contributed by atoms with E-state index in [0.717, 1.165) is 59.8 Å². The second kappa shape index (κ2) is 15.0. The van der Waals surface area contributed by atoms with Crippen LogP contribution in [0.15, 0.2) is 67.0 Å². The average molecular weight is 695 g/mol. The Morgan fingerprint density at radius 3 is 2.48 bits per heavy atom. The van der Waals surface area contributed by atoms with Gasteiger partial charge in [0, 0.05) is 85.8 Å². The summed E-state index contributed by atoms with van der Waals surface area (Å²) in [5.41, 5.74) is 7.16. The van der Waals surface area contributed by atoms with Crippen LogP contribution in [0.25, 0.3) is 11.1 Å². The molecule has 1 aliphatic heterocycles. The lowest BCUT2D eigenvalue weighted by molar-refractivity contribution is 0.100. The van der Waals surface area contributed by atoms with Crippen molar-refractivity contribution >= 4 is 40.5 Å². The van der Waals surface area contributed by atoms with Crippen molar-refractivity contribution in [2.45, 2.75) is 33.4 Å². The van der Waals surface area contributed by atoms with Gasteiger partial charge >= 0.3 is 0 Å². The summed E-state index contributed by atoms with van der Waals surface area (Å²) in [6.07, 6.45) is 4.11. The van der Waals surface area contributed by atoms with E-state index in [0.29, 0.717) is 46.0 Å². The maximum atomic E-state index is 13.4. The van der Waals surface area contributed by atoms with Crippen LogP contribution in [0.2, 0.25) is 5.02 Å². The molecule has 0 saturated carbocycles. The van der Waals surface area contributed by atoms with Gasteiger partial charge in [-0.05, 0) is 42.8 Å². The van der Waals surface area contributed by atoms with E-state index in [4.69, 9.17) is 21.1 Å². The Morgan fingerprint density at radius 2 is 1.72 bits per heavy atom. The number of nitrogens with zero attached hydrogens (tertiary/aromatic N) is 5. The summed E-state index contributed by atoms with van der Waals surface area (Å²) in [4.78, 5) is 42.4. The van der Waals surface area contributed by atoms with Gasteiger partial charge in [-0.15, -0.1) is 0 Å². The van der Waals surface area contributed by atoms with Crippen LogP contribution < -0.4 is 25.4 Å². The molecule has 6 rings (SSSR count). The number of likely N-dealkylation sites (N-methyl/N-ethyl adjacent to an activating group) is 1. The quantitative estimate of drug-likeness (QED) is 0.145. The Balaban J connectivity index is 1.17. The first kappa shape index (κ1) is 34.4. The van der Waals surface area contributed by atoms with Crippen molar-refractivity contribution in [1.29, 1.82) is 0 Å². The summed E-state index contributed by atoms with van der Waals surface area (Å²) in [7, 11) is 4.99. The number of ether oxygens (including phenoxy) is 2. The zero-order valence-corrected chi connectivity index (χ0v) is 29.4. The van der Waals surface area contributed by atoms with Crippen LogP contribution in [0, 0.1) is 6.92 Å². The van der Waals surface area contributed by atoms with Crippen molar-refractivity contribution in [3.8, 4) is 22.8 Å². The number of methoxy groups -OCH3 is 2. The first-order valence-corrected chi connectivity index (χ1v) is 16.6. The molecule has 0 atom stereocenters. The van der Waals surface area contributed by atoms with Gasteiger partial charge in [0.2, 0.25) is 5.88 Å². The molecule has 3 aromatic heterocycles. The molecule has 0 spiro atoms.